The quantitative estimate of drug-likeness (QED) is 0.468. The number of nitrogens with one attached hydrogen (secondary N) is 2. The molecule has 2 N–H and O–H groups in total. The first-order valence-corrected chi connectivity index (χ1v) is 7.80. The monoisotopic (exact) mass is 335 g/mol. The van der Waals surface area contributed by atoms with Gasteiger partial charge < -0.3 is 15.4 Å². The first-order chi connectivity index (χ1) is 11.4. The van der Waals surface area contributed by atoms with Crippen molar-refractivity contribution in [1.29, 1.82) is 0 Å². The van der Waals surface area contributed by atoms with Crippen LogP contribution in [0.2, 0.25) is 0 Å². The maximum absolute atomic E-state index is 12.0. The summed E-state index contributed by atoms with van der Waals surface area (Å²) in [6.45, 7) is 1.87. The molecule has 2 rings (SSSR count). The summed E-state index contributed by atoms with van der Waals surface area (Å²) in [5, 5.41) is 16.9. The van der Waals surface area contributed by atoms with Crippen LogP contribution in [-0.2, 0) is 9.53 Å². The Morgan fingerprint density at radius 3 is 2.71 bits per heavy atom. The molecular weight excluding hydrogens is 314 g/mol. The van der Waals surface area contributed by atoms with Crippen molar-refractivity contribution < 1.29 is 19.2 Å². The van der Waals surface area contributed by atoms with E-state index in [4.69, 9.17) is 0 Å². The van der Waals surface area contributed by atoms with Gasteiger partial charge in [-0.05, 0) is 37.3 Å². The van der Waals surface area contributed by atoms with Gasteiger partial charge in [0.15, 0.2) is 0 Å². The van der Waals surface area contributed by atoms with Gasteiger partial charge in [0, 0.05) is 17.7 Å². The van der Waals surface area contributed by atoms with Crippen LogP contribution in [0.25, 0.3) is 0 Å². The van der Waals surface area contributed by atoms with Crippen molar-refractivity contribution in [2.24, 2.45) is 5.92 Å². The van der Waals surface area contributed by atoms with Crippen LogP contribution < -0.4 is 10.6 Å². The zero-order valence-electron chi connectivity index (χ0n) is 13.7. The molecule has 2 atom stereocenters. The van der Waals surface area contributed by atoms with Crippen LogP contribution in [0.5, 0.6) is 0 Å². The van der Waals surface area contributed by atoms with Crippen LogP contribution in [0.1, 0.15) is 36.5 Å². The standard InChI is InChI=1S/C16H21N3O5/c1-10-3-5-12(7-10)18-13-6-4-11(8-14(13)19(22)23)16(21)17-9-15(20)24-2/h4,6,8,10,12,18H,3,5,7,9H2,1-2H3,(H,17,21). The zero-order valence-corrected chi connectivity index (χ0v) is 13.7. The Morgan fingerprint density at radius 2 is 2.12 bits per heavy atom. The number of benzene rings is 1. The largest absolute Gasteiger partial charge is 0.468 e. The van der Waals surface area contributed by atoms with Crippen molar-refractivity contribution in [3.8, 4) is 0 Å². The number of carbonyl (C=O) groups is 2. The summed E-state index contributed by atoms with van der Waals surface area (Å²) in [5.41, 5.74) is 0.375. The van der Waals surface area contributed by atoms with Crippen molar-refractivity contribution in [2.75, 3.05) is 19.0 Å². The zero-order chi connectivity index (χ0) is 17.7. The molecule has 1 saturated carbocycles. The number of nitro groups is 1. The molecule has 0 spiro atoms. The number of nitro benzene ring substituents is 1. The van der Waals surface area contributed by atoms with E-state index in [2.05, 4.69) is 22.3 Å². The fourth-order valence-corrected chi connectivity index (χ4v) is 2.83. The highest BCUT2D eigenvalue weighted by atomic mass is 16.6. The number of ether oxygens (including phenoxy) is 1. The second kappa shape index (κ2) is 7.76. The fourth-order valence-electron chi connectivity index (χ4n) is 2.83. The molecule has 8 nitrogen and oxygen atoms in total. The van der Waals surface area contributed by atoms with E-state index < -0.39 is 16.8 Å². The lowest BCUT2D eigenvalue weighted by atomic mass is 10.1. The molecule has 1 aliphatic rings. The third-order valence-electron chi connectivity index (χ3n) is 4.13. The third-order valence-corrected chi connectivity index (χ3v) is 4.13. The summed E-state index contributed by atoms with van der Waals surface area (Å²) in [6, 6.07) is 4.46. The predicted octanol–water partition coefficient (Wildman–Crippen LogP) is 2.10. The first kappa shape index (κ1) is 17.7. The summed E-state index contributed by atoms with van der Waals surface area (Å²) in [7, 11) is 1.21. The predicted molar refractivity (Wildman–Crippen MR) is 87.9 cm³/mol. The number of esters is 1. The normalized spacial score (nSPS) is 19.6. The van der Waals surface area contributed by atoms with Crippen LogP contribution in [0.4, 0.5) is 11.4 Å². The van der Waals surface area contributed by atoms with Gasteiger partial charge in [-0.2, -0.15) is 0 Å². The van der Waals surface area contributed by atoms with Crippen molar-refractivity contribution in [3.05, 3.63) is 33.9 Å². The lowest BCUT2D eigenvalue weighted by molar-refractivity contribution is -0.384. The van der Waals surface area contributed by atoms with Gasteiger partial charge in [-0.3, -0.25) is 19.7 Å². The topological polar surface area (TPSA) is 111 Å². The minimum atomic E-state index is -0.591. The number of anilines is 1. The van der Waals surface area contributed by atoms with E-state index in [0.29, 0.717) is 11.6 Å². The molecule has 1 aromatic rings. The van der Waals surface area contributed by atoms with Gasteiger partial charge in [0.1, 0.15) is 12.2 Å². The van der Waals surface area contributed by atoms with Crippen LogP contribution in [0.3, 0.4) is 0 Å². The SMILES string of the molecule is COC(=O)CNC(=O)c1ccc(NC2CCC(C)C2)c([N+](=O)[O-])c1. The highest BCUT2D eigenvalue weighted by Gasteiger charge is 2.24. The number of methoxy groups -OCH3 is 1. The fraction of sp³-hybridized carbons (Fsp3) is 0.500. The summed E-state index contributed by atoms with van der Waals surface area (Å²) in [5.74, 6) is -0.555. The molecule has 0 bridgehead atoms. The van der Waals surface area contributed by atoms with Gasteiger partial charge in [0.05, 0.1) is 12.0 Å². The van der Waals surface area contributed by atoms with Crippen molar-refractivity contribution in [3.63, 3.8) is 0 Å². The number of rotatable bonds is 6. The second-order valence-corrected chi connectivity index (χ2v) is 6.01. The summed E-state index contributed by atoms with van der Waals surface area (Å²) < 4.78 is 4.43. The van der Waals surface area contributed by atoms with E-state index in [0.717, 1.165) is 19.3 Å². The summed E-state index contributed by atoms with van der Waals surface area (Å²) in [4.78, 5) is 33.8. The van der Waals surface area contributed by atoms with Crippen molar-refractivity contribution in [1.82, 2.24) is 5.32 Å². The van der Waals surface area contributed by atoms with Gasteiger partial charge in [0.25, 0.3) is 11.6 Å². The number of amides is 1. The van der Waals surface area contributed by atoms with Crippen LogP contribution in [0.15, 0.2) is 18.2 Å². The van der Waals surface area contributed by atoms with Crippen LogP contribution in [0, 0.1) is 16.0 Å². The van der Waals surface area contributed by atoms with Gasteiger partial charge in [-0.25, -0.2) is 0 Å². The van der Waals surface area contributed by atoms with Crippen molar-refractivity contribution in [2.45, 2.75) is 32.2 Å². The lowest BCUT2D eigenvalue weighted by Crippen LogP contribution is -2.30. The molecule has 0 saturated heterocycles. The molecule has 1 fully saturated rings. The molecule has 24 heavy (non-hydrogen) atoms. The number of nitrogens with zero attached hydrogens (tertiary/aromatic N) is 1. The Labute approximate surface area is 139 Å². The Bertz CT molecular complexity index is 647. The third kappa shape index (κ3) is 4.43. The average Bonchev–Trinajstić information content (AvgIpc) is 2.97. The second-order valence-electron chi connectivity index (χ2n) is 6.01. The van der Waals surface area contributed by atoms with E-state index >= 15 is 0 Å². The van der Waals surface area contributed by atoms with Crippen LogP contribution >= 0.6 is 0 Å². The smallest absolute Gasteiger partial charge is 0.325 e. The molecule has 1 aliphatic carbocycles. The Balaban J connectivity index is 2.12. The highest BCUT2D eigenvalue weighted by molar-refractivity contribution is 5.97. The Kier molecular flexibility index (Phi) is 5.73. The minimum Gasteiger partial charge on any atom is -0.468 e. The minimum absolute atomic E-state index is 0.121. The molecule has 2 unspecified atom stereocenters. The molecular formula is C16H21N3O5. The first-order valence-electron chi connectivity index (χ1n) is 7.80. The molecule has 0 radical (unpaired) electrons. The molecule has 130 valence electrons. The summed E-state index contributed by atoms with van der Waals surface area (Å²) in [6.07, 6.45) is 3.04. The Hall–Kier alpha value is -2.64. The average molecular weight is 335 g/mol. The van der Waals surface area contributed by atoms with Gasteiger partial charge in [0.2, 0.25) is 0 Å². The van der Waals surface area contributed by atoms with Crippen molar-refractivity contribution >= 4 is 23.3 Å². The molecule has 0 aromatic heterocycles. The summed E-state index contributed by atoms with van der Waals surface area (Å²) >= 11 is 0. The maximum atomic E-state index is 12.0. The van der Waals surface area contributed by atoms with Gasteiger partial charge in [-0.1, -0.05) is 6.92 Å². The van der Waals surface area contributed by atoms with E-state index in [-0.39, 0.29) is 23.8 Å². The molecule has 1 amide bonds. The maximum Gasteiger partial charge on any atom is 0.325 e. The van der Waals surface area contributed by atoms with Gasteiger partial charge >= 0.3 is 5.97 Å². The van der Waals surface area contributed by atoms with E-state index in [9.17, 15) is 19.7 Å². The van der Waals surface area contributed by atoms with E-state index in [1.165, 1.54) is 25.3 Å². The lowest BCUT2D eigenvalue weighted by Gasteiger charge is -2.14. The number of carbonyl (C=O) groups excluding carboxylic acids is 2. The van der Waals surface area contributed by atoms with E-state index in [1.807, 2.05) is 0 Å². The molecule has 8 heteroatoms. The molecule has 1 aromatic carbocycles. The highest BCUT2D eigenvalue weighted by Crippen LogP contribution is 2.31. The number of hydrogen-bond donors (Lipinski definition) is 2. The molecule has 0 aliphatic heterocycles. The Morgan fingerprint density at radius 1 is 1.38 bits per heavy atom. The molecule has 0 heterocycles. The van der Waals surface area contributed by atoms with Gasteiger partial charge in [-0.15, -0.1) is 0 Å². The van der Waals surface area contributed by atoms with E-state index in [1.54, 1.807) is 0 Å². The number of hydrogen-bond acceptors (Lipinski definition) is 6. The van der Waals surface area contributed by atoms with Crippen LogP contribution in [-0.4, -0.2) is 36.5 Å².